The highest BCUT2D eigenvalue weighted by Gasteiger charge is 2.36. The quantitative estimate of drug-likeness (QED) is 0.841. The van der Waals surface area contributed by atoms with Gasteiger partial charge in [-0.2, -0.15) is 18.2 Å². The first-order chi connectivity index (χ1) is 9.21. The van der Waals surface area contributed by atoms with E-state index >= 15 is 0 Å². The lowest BCUT2D eigenvalue weighted by atomic mass is 10.0. The molecule has 2 rings (SSSR count). The summed E-state index contributed by atoms with van der Waals surface area (Å²) in [4.78, 5) is 3.56. The number of nitrogens with two attached hydrogens (primary N) is 2. The Morgan fingerprint density at radius 1 is 1.05 bits per heavy atom. The Kier molecular flexibility index (Phi) is 3.61. The van der Waals surface area contributed by atoms with Crippen LogP contribution in [0.2, 0.25) is 10.0 Å². The molecule has 10 heteroatoms. The zero-order valence-corrected chi connectivity index (χ0v) is 11.1. The summed E-state index contributed by atoms with van der Waals surface area (Å²) in [6.07, 6.45) is -4.67. The van der Waals surface area contributed by atoms with Gasteiger partial charge in [0.2, 0.25) is 5.95 Å². The summed E-state index contributed by atoms with van der Waals surface area (Å²) in [5.74, 6) is -0.592. The van der Waals surface area contributed by atoms with E-state index in [9.17, 15) is 13.2 Å². The number of hydrogen-bond acceptors (Lipinski definition) is 5. The summed E-state index contributed by atoms with van der Waals surface area (Å²) in [5.41, 5.74) is 8.91. The number of nitrogen functional groups attached to an aromatic ring is 2. The molecular formula is C10H6Cl2F3N5. The number of alkyl halides is 3. The Morgan fingerprint density at radius 2 is 1.70 bits per heavy atom. The van der Waals surface area contributed by atoms with E-state index in [0.717, 1.165) is 12.1 Å². The van der Waals surface area contributed by atoms with E-state index in [-0.39, 0.29) is 27.5 Å². The van der Waals surface area contributed by atoms with E-state index in [4.69, 9.17) is 34.7 Å². The molecule has 0 saturated carbocycles. The lowest BCUT2D eigenvalue weighted by molar-refractivity contribution is -0.137. The summed E-state index contributed by atoms with van der Waals surface area (Å²) in [7, 11) is 0. The zero-order chi connectivity index (χ0) is 15.1. The van der Waals surface area contributed by atoms with Gasteiger partial charge in [0.25, 0.3) is 0 Å². The predicted octanol–water partition coefficient (Wildman–Crippen LogP) is 3.03. The van der Waals surface area contributed by atoms with Crippen LogP contribution in [0.3, 0.4) is 0 Å². The summed E-state index contributed by atoms with van der Waals surface area (Å²) in [6.45, 7) is 0. The Bertz CT molecular complexity index is 675. The first kappa shape index (κ1) is 14.6. The van der Waals surface area contributed by atoms with Gasteiger partial charge in [0.15, 0.2) is 5.82 Å². The van der Waals surface area contributed by atoms with Gasteiger partial charge in [-0.15, -0.1) is 10.2 Å². The maximum Gasteiger partial charge on any atom is 0.417 e. The molecule has 1 aromatic heterocycles. The van der Waals surface area contributed by atoms with Crippen LogP contribution < -0.4 is 11.5 Å². The van der Waals surface area contributed by atoms with E-state index in [1.165, 1.54) is 0 Å². The zero-order valence-electron chi connectivity index (χ0n) is 9.54. The van der Waals surface area contributed by atoms with Crippen molar-refractivity contribution in [2.75, 3.05) is 11.5 Å². The third kappa shape index (κ3) is 2.56. The van der Waals surface area contributed by atoms with Crippen LogP contribution in [-0.2, 0) is 6.18 Å². The van der Waals surface area contributed by atoms with Crippen molar-refractivity contribution in [1.29, 1.82) is 0 Å². The van der Waals surface area contributed by atoms with Crippen molar-refractivity contribution in [2.24, 2.45) is 0 Å². The second-order valence-corrected chi connectivity index (χ2v) is 4.47. The normalized spacial score (nSPS) is 11.7. The minimum Gasteiger partial charge on any atom is -0.382 e. The van der Waals surface area contributed by atoms with E-state index < -0.39 is 17.3 Å². The maximum atomic E-state index is 13.0. The van der Waals surface area contributed by atoms with Crippen molar-refractivity contribution in [3.63, 3.8) is 0 Å². The molecule has 2 aromatic rings. The average molecular weight is 324 g/mol. The van der Waals surface area contributed by atoms with Crippen LogP contribution in [0.15, 0.2) is 12.1 Å². The van der Waals surface area contributed by atoms with Crippen LogP contribution >= 0.6 is 23.2 Å². The molecule has 20 heavy (non-hydrogen) atoms. The highest BCUT2D eigenvalue weighted by atomic mass is 35.5. The lowest BCUT2D eigenvalue weighted by Gasteiger charge is -2.15. The molecule has 0 atom stereocenters. The van der Waals surface area contributed by atoms with Gasteiger partial charge in [-0.3, -0.25) is 0 Å². The van der Waals surface area contributed by atoms with Crippen molar-refractivity contribution in [2.45, 2.75) is 6.18 Å². The number of rotatable bonds is 1. The van der Waals surface area contributed by atoms with Gasteiger partial charge in [-0.05, 0) is 12.1 Å². The van der Waals surface area contributed by atoms with Crippen molar-refractivity contribution in [3.8, 4) is 11.3 Å². The number of halogens is 5. The number of benzene rings is 1. The first-order valence-corrected chi connectivity index (χ1v) is 5.78. The Balaban J connectivity index is 2.81. The van der Waals surface area contributed by atoms with Crippen molar-refractivity contribution < 1.29 is 13.2 Å². The highest BCUT2D eigenvalue weighted by Crippen LogP contribution is 2.43. The van der Waals surface area contributed by atoms with Crippen molar-refractivity contribution >= 4 is 35.0 Å². The molecule has 0 bridgehead atoms. The largest absolute Gasteiger partial charge is 0.417 e. The average Bonchev–Trinajstić information content (AvgIpc) is 2.32. The minimum atomic E-state index is -4.67. The van der Waals surface area contributed by atoms with E-state index in [1.54, 1.807) is 0 Å². The summed E-state index contributed by atoms with van der Waals surface area (Å²) < 4.78 is 39.1. The number of aromatic nitrogens is 3. The molecule has 0 saturated heterocycles. The first-order valence-electron chi connectivity index (χ1n) is 5.03. The molecule has 0 radical (unpaired) electrons. The third-order valence-corrected chi connectivity index (χ3v) is 3.17. The lowest BCUT2D eigenvalue weighted by Crippen LogP contribution is -2.11. The molecule has 1 heterocycles. The molecule has 0 amide bonds. The van der Waals surface area contributed by atoms with Gasteiger partial charge in [0.1, 0.15) is 5.69 Å². The standard InChI is InChI=1S/C10H6Cl2F3N5/c11-4-2-1-3(10(13,14)15)5(6(4)12)7-8(16)18-9(17)20-19-7/h1-2H,(H4,16,17,18,20). The fourth-order valence-electron chi connectivity index (χ4n) is 1.55. The summed E-state index contributed by atoms with van der Waals surface area (Å²) in [5, 5.41) is 6.48. The molecule has 0 spiro atoms. The van der Waals surface area contributed by atoms with Crippen LogP contribution in [0.25, 0.3) is 11.3 Å². The fraction of sp³-hybridized carbons (Fsp3) is 0.100. The second-order valence-electron chi connectivity index (χ2n) is 3.69. The van der Waals surface area contributed by atoms with Gasteiger partial charge in [-0.25, -0.2) is 0 Å². The van der Waals surface area contributed by atoms with E-state index in [1.807, 2.05) is 0 Å². The molecule has 0 fully saturated rings. The molecule has 0 aliphatic heterocycles. The molecule has 0 aliphatic rings. The van der Waals surface area contributed by atoms with E-state index in [0.29, 0.717) is 0 Å². The van der Waals surface area contributed by atoms with Crippen LogP contribution in [0.4, 0.5) is 24.9 Å². The van der Waals surface area contributed by atoms with Gasteiger partial charge >= 0.3 is 6.18 Å². The summed E-state index contributed by atoms with van der Waals surface area (Å²) >= 11 is 11.6. The predicted molar refractivity (Wildman–Crippen MR) is 69.1 cm³/mol. The minimum absolute atomic E-state index is 0.0762. The Labute approximate surface area is 120 Å². The van der Waals surface area contributed by atoms with Gasteiger partial charge in [0, 0.05) is 5.56 Å². The van der Waals surface area contributed by atoms with Gasteiger partial charge < -0.3 is 11.5 Å². The topological polar surface area (TPSA) is 90.7 Å². The number of hydrogen-bond donors (Lipinski definition) is 2. The Hall–Kier alpha value is -1.80. The molecule has 0 unspecified atom stereocenters. The molecule has 106 valence electrons. The van der Waals surface area contributed by atoms with Gasteiger partial charge in [0.05, 0.1) is 15.6 Å². The molecule has 0 aliphatic carbocycles. The van der Waals surface area contributed by atoms with Crippen molar-refractivity contribution in [3.05, 3.63) is 27.7 Å². The smallest absolute Gasteiger partial charge is 0.382 e. The number of nitrogens with zero attached hydrogens (tertiary/aromatic N) is 3. The fourth-order valence-corrected chi connectivity index (χ4v) is 1.96. The molecule has 1 aromatic carbocycles. The molecule has 4 N–H and O–H groups in total. The SMILES string of the molecule is Nc1nnc(-c2c(C(F)(F)F)ccc(Cl)c2Cl)c(N)n1. The van der Waals surface area contributed by atoms with Crippen LogP contribution in [0.1, 0.15) is 5.56 Å². The maximum absolute atomic E-state index is 13.0. The second kappa shape index (κ2) is 4.95. The summed E-state index contributed by atoms with van der Waals surface area (Å²) in [6, 6.07) is 1.81. The van der Waals surface area contributed by atoms with Crippen LogP contribution in [0.5, 0.6) is 0 Å². The number of anilines is 2. The molecule has 5 nitrogen and oxygen atoms in total. The van der Waals surface area contributed by atoms with Crippen LogP contribution in [-0.4, -0.2) is 15.2 Å². The van der Waals surface area contributed by atoms with Crippen molar-refractivity contribution in [1.82, 2.24) is 15.2 Å². The Morgan fingerprint density at radius 3 is 2.25 bits per heavy atom. The highest BCUT2D eigenvalue weighted by molar-refractivity contribution is 6.43. The van der Waals surface area contributed by atoms with E-state index in [2.05, 4.69) is 15.2 Å². The van der Waals surface area contributed by atoms with Gasteiger partial charge in [-0.1, -0.05) is 23.2 Å². The van der Waals surface area contributed by atoms with Crippen LogP contribution in [0, 0.1) is 0 Å². The third-order valence-electron chi connectivity index (χ3n) is 2.37. The molecular weight excluding hydrogens is 318 g/mol. The monoisotopic (exact) mass is 323 g/mol.